The average molecular weight is 377 g/mol. The van der Waals surface area contributed by atoms with E-state index in [1.165, 1.54) is 11.3 Å². The van der Waals surface area contributed by atoms with Crippen molar-refractivity contribution in [1.29, 1.82) is 0 Å². The van der Waals surface area contributed by atoms with Gasteiger partial charge >= 0.3 is 0 Å². The summed E-state index contributed by atoms with van der Waals surface area (Å²) in [4.78, 5) is 32.9. The summed E-state index contributed by atoms with van der Waals surface area (Å²) < 4.78 is 0. The van der Waals surface area contributed by atoms with Crippen molar-refractivity contribution in [2.75, 3.05) is 24.5 Å². The van der Waals surface area contributed by atoms with E-state index in [0.717, 1.165) is 28.1 Å². The van der Waals surface area contributed by atoms with Gasteiger partial charge in [-0.1, -0.05) is 72.0 Å². The first-order valence-electron chi connectivity index (χ1n) is 8.87. The second-order valence-electron chi connectivity index (χ2n) is 6.34. The third-order valence-electron chi connectivity index (χ3n) is 4.60. The molecule has 2 amide bonds. The minimum absolute atomic E-state index is 0.00678. The van der Waals surface area contributed by atoms with Gasteiger partial charge in [-0.25, -0.2) is 4.98 Å². The molecule has 0 atom stereocenters. The highest BCUT2D eigenvalue weighted by atomic mass is 32.1. The maximum absolute atomic E-state index is 12.6. The van der Waals surface area contributed by atoms with Crippen LogP contribution in [0.1, 0.15) is 6.42 Å². The molecule has 1 aliphatic rings. The van der Waals surface area contributed by atoms with Gasteiger partial charge in [0, 0.05) is 31.6 Å². The van der Waals surface area contributed by atoms with Gasteiger partial charge in [0.15, 0.2) is 5.13 Å². The van der Waals surface area contributed by atoms with Gasteiger partial charge in [0.2, 0.25) is 12.3 Å². The Kier molecular flexibility index (Phi) is 4.98. The second-order valence-corrected chi connectivity index (χ2v) is 7.32. The lowest BCUT2D eigenvalue weighted by atomic mass is 10.1. The van der Waals surface area contributed by atoms with E-state index in [1.54, 1.807) is 9.80 Å². The maximum atomic E-state index is 12.6. The molecule has 2 aromatic carbocycles. The van der Waals surface area contributed by atoms with E-state index in [9.17, 15) is 9.59 Å². The van der Waals surface area contributed by atoms with Crippen LogP contribution in [0.3, 0.4) is 0 Å². The van der Waals surface area contributed by atoms with Crippen LogP contribution in [0.25, 0.3) is 21.7 Å². The number of nitrogens with zero attached hydrogens (tertiary/aromatic N) is 3. The molecule has 136 valence electrons. The molecule has 27 heavy (non-hydrogen) atoms. The van der Waals surface area contributed by atoms with Gasteiger partial charge in [-0.15, -0.1) is 0 Å². The molecule has 0 bridgehead atoms. The van der Waals surface area contributed by atoms with Gasteiger partial charge in [-0.3, -0.25) is 14.5 Å². The maximum Gasteiger partial charge on any atom is 0.230 e. The number of aromatic nitrogens is 1. The van der Waals surface area contributed by atoms with Crippen molar-refractivity contribution in [2.45, 2.75) is 6.42 Å². The number of amides is 2. The number of thiazole rings is 1. The Hall–Kier alpha value is -2.99. The molecule has 0 unspecified atom stereocenters. The van der Waals surface area contributed by atoms with Crippen LogP contribution in [0, 0.1) is 0 Å². The molecule has 2 heterocycles. The Morgan fingerprint density at radius 3 is 2.22 bits per heavy atom. The first-order valence-corrected chi connectivity index (χ1v) is 9.69. The lowest BCUT2D eigenvalue weighted by molar-refractivity contribution is -0.119. The lowest BCUT2D eigenvalue weighted by Crippen LogP contribution is -2.32. The summed E-state index contributed by atoms with van der Waals surface area (Å²) in [6.45, 7) is 1.45. The number of benzene rings is 2. The zero-order chi connectivity index (χ0) is 18.6. The van der Waals surface area contributed by atoms with Crippen molar-refractivity contribution < 1.29 is 9.59 Å². The van der Waals surface area contributed by atoms with Gasteiger partial charge in [0.25, 0.3) is 0 Å². The SMILES string of the molecule is O=CN1CCC(=O)N(c2nc(-c3ccccc3)c(-c3ccccc3)s2)CC1. The lowest BCUT2D eigenvalue weighted by Gasteiger charge is -2.17. The molecule has 1 saturated heterocycles. The summed E-state index contributed by atoms with van der Waals surface area (Å²) in [5.74, 6) is 0.00678. The molecule has 1 aliphatic heterocycles. The summed E-state index contributed by atoms with van der Waals surface area (Å²) in [6.07, 6.45) is 1.13. The predicted molar refractivity (Wildman–Crippen MR) is 108 cm³/mol. The van der Waals surface area contributed by atoms with Gasteiger partial charge < -0.3 is 4.90 Å². The molecule has 0 radical (unpaired) electrons. The number of carbonyl (C=O) groups excluding carboxylic acids is 2. The third-order valence-corrected chi connectivity index (χ3v) is 5.73. The zero-order valence-electron chi connectivity index (χ0n) is 14.7. The highest BCUT2D eigenvalue weighted by molar-refractivity contribution is 7.19. The van der Waals surface area contributed by atoms with E-state index in [2.05, 4.69) is 12.1 Å². The van der Waals surface area contributed by atoms with Gasteiger partial charge in [-0.2, -0.15) is 0 Å². The molecule has 5 nitrogen and oxygen atoms in total. The summed E-state index contributed by atoms with van der Waals surface area (Å²) >= 11 is 1.52. The van der Waals surface area contributed by atoms with Crippen molar-refractivity contribution in [3.05, 3.63) is 60.7 Å². The summed E-state index contributed by atoms with van der Waals surface area (Å²) in [5.41, 5.74) is 2.98. The first kappa shape index (κ1) is 17.4. The Morgan fingerprint density at radius 1 is 0.889 bits per heavy atom. The van der Waals surface area contributed by atoms with Crippen molar-refractivity contribution >= 4 is 28.8 Å². The van der Waals surface area contributed by atoms with Crippen LogP contribution in [0.15, 0.2) is 60.7 Å². The van der Waals surface area contributed by atoms with Crippen molar-refractivity contribution in [1.82, 2.24) is 9.88 Å². The van der Waals surface area contributed by atoms with Crippen molar-refractivity contribution in [3.8, 4) is 21.7 Å². The standard InChI is InChI=1S/C21H19N3O2S/c25-15-23-12-11-18(26)24(14-13-23)21-22-19(16-7-3-1-4-8-16)20(27-21)17-9-5-2-6-10-17/h1-10,15H,11-14H2. The van der Waals surface area contributed by atoms with Crippen LogP contribution in [0.4, 0.5) is 5.13 Å². The smallest absolute Gasteiger partial charge is 0.230 e. The number of carbonyl (C=O) groups is 2. The number of rotatable bonds is 4. The number of hydrogen-bond acceptors (Lipinski definition) is 4. The van der Waals surface area contributed by atoms with Gasteiger partial charge in [0.1, 0.15) is 0 Å². The monoisotopic (exact) mass is 377 g/mol. The molecule has 0 N–H and O–H groups in total. The Bertz CT molecular complexity index is 884. The molecule has 1 fully saturated rings. The molecule has 6 heteroatoms. The molecule has 1 aromatic heterocycles. The van der Waals surface area contributed by atoms with E-state index in [-0.39, 0.29) is 5.91 Å². The minimum atomic E-state index is 0.00678. The summed E-state index contributed by atoms with van der Waals surface area (Å²) in [6, 6.07) is 20.1. The van der Waals surface area contributed by atoms with Crippen molar-refractivity contribution in [2.24, 2.45) is 0 Å². The molecule has 0 aliphatic carbocycles. The van der Waals surface area contributed by atoms with Crippen LogP contribution in [0.5, 0.6) is 0 Å². The van der Waals surface area contributed by atoms with E-state index in [1.807, 2.05) is 48.5 Å². The van der Waals surface area contributed by atoms with Crippen molar-refractivity contribution in [3.63, 3.8) is 0 Å². The average Bonchev–Trinajstić information content (AvgIpc) is 3.07. The van der Waals surface area contributed by atoms with E-state index >= 15 is 0 Å². The fourth-order valence-corrected chi connectivity index (χ4v) is 4.28. The van der Waals surface area contributed by atoms with E-state index < -0.39 is 0 Å². The molecule has 0 spiro atoms. The topological polar surface area (TPSA) is 53.5 Å². The third kappa shape index (κ3) is 3.61. The highest BCUT2D eigenvalue weighted by Crippen LogP contribution is 2.40. The summed E-state index contributed by atoms with van der Waals surface area (Å²) in [5, 5.41) is 0.686. The Labute approximate surface area is 161 Å². The van der Waals surface area contributed by atoms with Crippen LogP contribution in [-0.2, 0) is 9.59 Å². The fourth-order valence-electron chi connectivity index (χ4n) is 3.15. The minimum Gasteiger partial charge on any atom is -0.343 e. The number of anilines is 1. The Morgan fingerprint density at radius 2 is 1.56 bits per heavy atom. The predicted octanol–water partition coefficient (Wildman–Crippen LogP) is 3.67. The zero-order valence-corrected chi connectivity index (χ0v) is 15.6. The summed E-state index contributed by atoms with van der Waals surface area (Å²) in [7, 11) is 0. The molecular formula is C21H19N3O2S. The largest absolute Gasteiger partial charge is 0.343 e. The first-order chi connectivity index (χ1) is 13.3. The van der Waals surface area contributed by atoms with E-state index in [0.29, 0.717) is 31.2 Å². The normalized spacial score (nSPS) is 14.9. The van der Waals surface area contributed by atoms with Crippen LogP contribution >= 0.6 is 11.3 Å². The molecule has 3 aromatic rings. The second kappa shape index (κ2) is 7.72. The quantitative estimate of drug-likeness (QED) is 0.652. The van der Waals surface area contributed by atoms with Gasteiger partial charge in [-0.05, 0) is 5.56 Å². The molecule has 4 rings (SSSR count). The van der Waals surface area contributed by atoms with Crippen LogP contribution in [-0.4, -0.2) is 41.8 Å². The number of hydrogen-bond donors (Lipinski definition) is 0. The van der Waals surface area contributed by atoms with Gasteiger partial charge in [0.05, 0.1) is 10.6 Å². The highest BCUT2D eigenvalue weighted by Gasteiger charge is 2.26. The van der Waals surface area contributed by atoms with E-state index in [4.69, 9.17) is 4.98 Å². The van der Waals surface area contributed by atoms with Crippen LogP contribution in [0.2, 0.25) is 0 Å². The Balaban J connectivity index is 1.77. The molecule has 0 saturated carbocycles. The van der Waals surface area contributed by atoms with Crippen LogP contribution < -0.4 is 4.90 Å². The fraction of sp³-hybridized carbons (Fsp3) is 0.190. The molecular weight excluding hydrogens is 358 g/mol.